The normalized spacial score (nSPS) is 10.8. The molecule has 0 atom stereocenters. The average Bonchev–Trinajstić information content (AvgIpc) is 2.60. The quantitative estimate of drug-likeness (QED) is 0.780. The van der Waals surface area contributed by atoms with Gasteiger partial charge in [-0.25, -0.2) is 4.98 Å². The maximum Gasteiger partial charge on any atom is 0.272 e. The molecule has 25 heavy (non-hydrogen) atoms. The van der Waals surface area contributed by atoms with Crippen LogP contribution >= 0.6 is 0 Å². The van der Waals surface area contributed by atoms with Gasteiger partial charge in [-0.15, -0.1) is 0 Å². The predicted molar refractivity (Wildman–Crippen MR) is 98.4 cm³/mol. The molecular weight excluding hydrogens is 314 g/mol. The van der Waals surface area contributed by atoms with Crippen molar-refractivity contribution in [3.05, 3.63) is 75.7 Å². The lowest BCUT2D eigenvalue weighted by Crippen LogP contribution is -2.28. The molecule has 1 aromatic heterocycles. The summed E-state index contributed by atoms with van der Waals surface area (Å²) in [6.07, 6.45) is 0.249. The van der Waals surface area contributed by atoms with Crippen LogP contribution in [0.25, 0.3) is 11.0 Å². The summed E-state index contributed by atoms with van der Waals surface area (Å²) in [6.45, 7) is 4.55. The predicted octanol–water partition coefficient (Wildman–Crippen LogP) is 2.72. The van der Waals surface area contributed by atoms with E-state index in [0.717, 1.165) is 22.2 Å². The molecule has 0 spiro atoms. The van der Waals surface area contributed by atoms with Gasteiger partial charge in [0, 0.05) is 19.5 Å². The highest BCUT2D eigenvalue weighted by Gasteiger charge is 2.09. The number of aromatic nitrogens is 2. The van der Waals surface area contributed by atoms with Gasteiger partial charge in [-0.3, -0.25) is 9.59 Å². The van der Waals surface area contributed by atoms with Crippen molar-refractivity contribution < 1.29 is 4.79 Å². The van der Waals surface area contributed by atoms with E-state index < -0.39 is 0 Å². The van der Waals surface area contributed by atoms with Crippen LogP contribution in [0.3, 0.4) is 0 Å². The van der Waals surface area contributed by atoms with E-state index >= 15 is 0 Å². The Kier molecular flexibility index (Phi) is 4.93. The molecule has 128 valence electrons. The van der Waals surface area contributed by atoms with Crippen molar-refractivity contribution in [2.24, 2.45) is 0 Å². The summed E-state index contributed by atoms with van der Waals surface area (Å²) < 4.78 is 1.63. The second-order valence-corrected chi connectivity index (χ2v) is 6.16. The second-order valence-electron chi connectivity index (χ2n) is 6.16. The van der Waals surface area contributed by atoms with E-state index in [1.165, 1.54) is 0 Å². The van der Waals surface area contributed by atoms with Crippen LogP contribution in [0, 0.1) is 13.8 Å². The lowest BCUT2D eigenvalue weighted by molar-refractivity contribution is -0.121. The Bertz CT molecular complexity index is 976. The van der Waals surface area contributed by atoms with Crippen LogP contribution in [0.2, 0.25) is 0 Å². The summed E-state index contributed by atoms with van der Waals surface area (Å²) in [6, 6.07) is 15.5. The number of fused-ring (bicyclic) bond motifs is 1. The number of nitrogens with one attached hydrogen (secondary N) is 1. The van der Waals surface area contributed by atoms with E-state index in [1.54, 1.807) is 11.5 Å². The lowest BCUT2D eigenvalue weighted by Gasteiger charge is -2.11. The largest absolute Gasteiger partial charge is 0.352 e. The highest BCUT2D eigenvalue weighted by Crippen LogP contribution is 2.10. The van der Waals surface area contributed by atoms with Crippen LogP contribution < -0.4 is 10.9 Å². The van der Waals surface area contributed by atoms with E-state index in [-0.39, 0.29) is 17.9 Å². The number of nitrogens with zero attached hydrogens (tertiary/aromatic N) is 2. The first kappa shape index (κ1) is 16.9. The fraction of sp³-hybridized carbons (Fsp3) is 0.250. The summed E-state index contributed by atoms with van der Waals surface area (Å²) in [5, 5.41) is 2.91. The monoisotopic (exact) mass is 335 g/mol. The Hall–Kier alpha value is -2.95. The minimum atomic E-state index is -0.148. The molecule has 5 heteroatoms. The minimum Gasteiger partial charge on any atom is -0.352 e. The molecule has 5 nitrogen and oxygen atoms in total. The van der Waals surface area contributed by atoms with Crippen LogP contribution in [0.4, 0.5) is 0 Å². The Labute approximate surface area is 146 Å². The molecule has 0 unspecified atom stereocenters. The molecular formula is C20H21N3O2. The van der Waals surface area contributed by atoms with Crippen LogP contribution in [-0.2, 0) is 17.9 Å². The Morgan fingerprint density at radius 3 is 2.72 bits per heavy atom. The van der Waals surface area contributed by atoms with E-state index in [9.17, 15) is 9.59 Å². The first-order valence-electron chi connectivity index (χ1n) is 8.33. The standard InChI is InChI=1S/C20H21N3O2/c1-14-6-5-7-16(12-14)13-21-19(24)10-11-23-18-9-4-3-8-17(18)22-15(2)20(23)25/h3-9,12H,10-11,13H2,1-2H3,(H,21,24). The van der Waals surface area contributed by atoms with E-state index in [2.05, 4.69) is 10.3 Å². The number of para-hydroxylation sites is 2. The van der Waals surface area contributed by atoms with Crippen LogP contribution in [0.5, 0.6) is 0 Å². The SMILES string of the molecule is Cc1cccc(CNC(=O)CCn2c(=O)c(C)nc3ccccc32)c1. The number of hydrogen-bond donors (Lipinski definition) is 1. The summed E-state index contributed by atoms with van der Waals surface area (Å²) >= 11 is 0. The molecule has 0 radical (unpaired) electrons. The number of aryl methyl sites for hydroxylation is 3. The van der Waals surface area contributed by atoms with Gasteiger partial charge in [0.2, 0.25) is 5.91 Å². The van der Waals surface area contributed by atoms with Crippen molar-refractivity contribution in [3.8, 4) is 0 Å². The summed E-state index contributed by atoms with van der Waals surface area (Å²) in [4.78, 5) is 28.9. The maximum atomic E-state index is 12.4. The minimum absolute atomic E-state index is 0.0769. The van der Waals surface area contributed by atoms with Gasteiger partial charge in [0.15, 0.2) is 0 Å². The van der Waals surface area contributed by atoms with E-state index in [1.807, 2.05) is 55.5 Å². The molecule has 0 fully saturated rings. The van der Waals surface area contributed by atoms with Gasteiger partial charge in [-0.2, -0.15) is 0 Å². The van der Waals surface area contributed by atoms with Gasteiger partial charge in [0.05, 0.1) is 11.0 Å². The van der Waals surface area contributed by atoms with Crippen LogP contribution in [-0.4, -0.2) is 15.5 Å². The molecule has 3 aromatic rings. The van der Waals surface area contributed by atoms with Gasteiger partial charge in [0.1, 0.15) is 5.69 Å². The smallest absolute Gasteiger partial charge is 0.272 e. The molecule has 0 saturated heterocycles. The summed E-state index contributed by atoms with van der Waals surface area (Å²) in [7, 11) is 0. The van der Waals surface area contributed by atoms with Crippen molar-refractivity contribution in [3.63, 3.8) is 0 Å². The molecule has 0 aliphatic carbocycles. The van der Waals surface area contributed by atoms with Crippen LogP contribution in [0.1, 0.15) is 23.2 Å². The second kappa shape index (κ2) is 7.30. The number of benzene rings is 2. The zero-order valence-corrected chi connectivity index (χ0v) is 14.5. The molecule has 0 aliphatic heterocycles. The summed E-state index contributed by atoms with van der Waals surface area (Å²) in [5.74, 6) is -0.0769. The van der Waals surface area contributed by atoms with E-state index in [0.29, 0.717) is 18.8 Å². The fourth-order valence-electron chi connectivity index (χ4n) is 2.87. The number of hydrogen-bond acceptors (Lipinski definition) is 3. The molecule has 0 saturated carbocycles. The third-order valence-corrected chi connectivity index (χ3v) is 4.15. The van der Waals surface area contributed by atoms with E-state index in [4.69, 9.17) is 0 Å². The number of rotatable bonds is 5. The van der Waals surface area contributed by atoms with Gasteiger partial charge >= 0.3 is 0 Å². The van der Waals surface area contributed by atoms with Crippen molar-refractivity contribution in [1.29, 1.82) is 0 Å². The average molecular weight is 335 g/mol. The third-order valence-electron chi connectivity index (χ3n) is 4.15. The highest BCUT2D eigenvalue weighted by molar-refractivity contribution is 5.77. The zero-order valence-electron chi connectivity index (χ0n) is 14.5. The third kappa shape index (κ3) is 3.94. The first-order chi connectivity index (χ1) is 12.0. The Morgan fingerprint density at radius 2 is 1.92 bits per heavy atom. The highest BCUT2D eigenvalue weighted by atomic mass is 16.1. The fourth-order valence-corrected chi connectivity index (χ4v) is 2.87. The van der Waals surface area contributed by atoms with Gasteiger partial charge in [-0.05, 0) is 31.5 Å². The van der Waals surface area contributed by atoms with Gasteiger partial charge < -0.3 is 9.88 Å². The number of carbonyl (C=O) groups excluding carboxylic acids is 1. The summed E-state index contributed by atoms with van der Waals surface area (Å²) in [5.41, 5.74) is 4.04. The molecule has 0 aliphatic rings. The Morgan fingerprint density at radius 1 is 1.12 bits per heavy atom. The Balaban J connectivity index is 1.69. The van der Waals surface area contributed by atoms with Gasteiger partial charge in [-0.1, -0.05) is 42.0 Å². The maximum absolute atomic E-state index is 12.4. The van der Waals surface area contributed by atoms with Crippen LogP contribution in [0.15, 0.2) is 53.3 Å². The van der Waals surface area contributed by atoms with Crippen molar-refractivity contribution >= 4 is 16.9 Å². The lowest BCUT2D eigenvalue weighted by atomic mass is 10.1. The molecule has 0 bridgehead atoms. The first-order valence-corrected chi connectivity index (χ1v) is 8.33. The zero-order chi connectivity index (χ0) is 17.8. The molecule has 1 heterocycles. The number of amides is 1. The number of carbonyl (C=O) groups is 1. The molecule has 1 N–H and O–H groups in total. The van der Waals surface area contributed by atoms with Gasteiger partial charge in [0.25, 0.3) is 5.56 Å². The topological polar surface area (TPSA) is 64.0 Å². The molecule has 2 aromatic carbocycles. The molecule has 1 amide bonds. The van der Waals surface area contributed by atoms with Crippen molar-refractivity contribution in [2.75, 3.05) is 0 Å². The van der Waals surface area contributed by atoms with Crippen molar-refractivity contribution in [2.45, 2.75) is 33.4 Å². The van der Waals surface area contributed by atoms with Crippen molar-refractivity contribution in [1.82, 2.24) is 14.9 Å². The molecule has 3 rings (SSSR count).